The van der Waals surface area contributed by atoms with Crippen LogP contribution in [0, 0.1) is 11.8 Å². The molecule has 404 valence electrons. The molecule has 4 nitrogen and oxygen atoms in total. The Kier molecular flexibility index (Phi) is 58.4. The van der Waals surface area contributed by atoms with Crippen LogP contribution >= 0.6 is 0 Å². The zero-order valence-electron chi connectivity index (χ0n) is 47.5. The predicted octanol–water partition coefficient (Wildman–Crippen LogP) is 22.5. The molecule has 0 bridgehead atoms. The quantitative estimate of drug-likeness (QED) is 0.0375. The van der Waals surface area contributed by atoms with Crippen molar-refractivity contribution in [3.05, 3.63) is 23.8 Å². The molecular weight excluding hydrogens is 833 g/mol. The molecule has 0 aliphatic carbocycles. The number of esters is 1. The summed E-state index contributed by atoms with van der Waals surface area (Å²) in [5.41, 5.74) is 1.03. The molecule has 0 aliphatic heterocycles. The van der Waals surface area contributed by atoms with Gasteiger partial charge in [0.1, 0.15) is 0 Å². The van der Waals surface area contributed by atoms with Crippen molar-refractivity contribution in [1.82, 2.24) is 0 Å². The highest BCUT2D eigenvalue weighted by molar-refractivity contribution is 5.87. The summed E-state index contributed by atoms with van der Waals surface area (Å²) >= 11 is 0. The van der Waals surface area contributed by atoms with Gasteiger partial charge in [0.25, 0.3) is 0 Å². The molecule has 0 saturated carbocycles. The molecule has 0 fully saturated rings. The molecular formula is C64H124O4. The van der Waals surface area contributed by atoms with Gasteiger partial charge in [0.05, 0.1) is 6.61 Å². The van der Waals surface area contributed by atoms with E-state index in [-0.39, 0.29) is 5.97 Å². The van der Waals surface area contributed by atoms with Crippen LogP contribution in [0.2, 0.25) is 0 Å². The molecule has 0 aromatic carbocycles. The minimum Gasteiger partial charge on any atom is -0.478 e. The number of carboxylic acid groups (broad SMARTS) is 1. The number of carboxylic acids is 1. The fourth-order valence-corrected chi connectivity index (χ4v) is 9.83. The van der Waals surface area contributed by atoms with Crippen molar-refractivity contribution in [2.24, 2.45) is 11.8 Å². The Labute approximate surface area is 428 Å². The topological polar surface area (TPSA) is 63.6 Å². The summed E-state index contributed by atoms with van der Waals surface area (Å²) < 4.78 is 5.53. The van der Waals surface area contributed by atoms with E-state index in [0.717, 1.165) is 6.42 Å². The first kappa shape index (κ1) is 68.5. The predicted molar refractivity (Wildman–Crippen MR) is 303 cm³/mol. The maximum absolute atomic E-state index is 11.8. The molecule has 0 spiro atoms. The average molecular weight is 958 g/mol. The fourth-order valence-electron chi connectivity index (χ4n) is 9.83. The maximum atomic E-state index is 11.8. The molecule has 4 heteroatoms. The van der Waals surface area contributed by atoms with Crippen LogP contribution in [0.1, 0.15) is 356 Å². The summed E-state index contributed by atoms with van der Waals surface area (Å²) in [5, 5.41) is 9.18. The summed E-state index contributed by atoms with van der Waals surface area (Å²) in [7, 11) is 0. The van der Waals surface area contributed by atoms with Crippen LogP contribution in [0.25, 0.3) is 0 Å². The van der Waals surface area contributed by atoms with Gasteiger partial charge in [-0.2, -0.15) is 0 Å². The van der Waals surface area contributed by atoms with E-state index in [0.29, 0.717) is 29.6 Å². The lowest BCUT2D eigenvalue weighted by molar-refractivity contribution is -0.140. The van der Waals surface area contributed by atoms with Crippen LogP contribution in [-0.2, 0) is 14.3 Å². The minimum atomic E-state index is -0.761. The van der Waals surface area contributed by atoms with E-state index in [1.165, 1.54) is 308 Å². The van der Waals surface area contributed by atoms with Crippen molar-refractivity contribution >= 4 is 11.9 Å². The zero-order chi connectivity index (χ0) is 50.2. The molecule has 0 amide bonds. The van der Waals surface area contributed by atoms with Gasteiger partial charge in [0.15, 0.2) is 0 Å². The molecule has 68 heavy (non-hydrogen) atoms. The first-order valence-electron chi connectivity index (χ1n) is 31.0. The summed E-state index contributed by atoms with van der Waals surface area (Å²) in [5.74, 6) is 0.220. The number of unbranched alkanes of at least 4 members (excludes halogenated alkanes) is 40. The zero-order valence-corrected chi connectivity index (χ0v) is 47.5. The SMILES string of the molecule is C=C(C)C(=O)OCC(CCCCCCCCCCCC)CCCCCCCCCCCCCC.CCCCCCCCCCCCCCC(CC=C(C)C(=O)O)CCCCCCCCCCCC. The van der Waals surface area contributed by atoms with Gasteiger partial charge in [-0.1, -0.05) is 336 Å². The number of allylic oxidation sites excluding steroid dienone is 1. The van der Waals surface area contributed by atoms with Crippen LogP contribution in [0.5, 0.6) is 0 Å². The van der Waals surface area contributed by atoms with Gasteiger partial charge in [-0.15, -0.1) is 0 Å². The Morgan fingerprint density at radius 1 is 0.382 bits per heavy atom. The third-order valence-electron chi connectivity index (χ3n) is 14.8. The van der Waals surface area contributed by atoms with E-state index < -0.39 is 5.97 Å². The second-order valence-corrected chi connectivity index (χ2v) is 21.8. The summed E-state index contributed by atoms with van der Waals surface area (Å²) in [4.78, 5) is 23.0. The molecule has 2 unspecified atom stereocenters. The van der Waals surface area contributed by atoms with Crippen molar-refractivity contribution in [3.63, 3.8) is 0 Å². The van der Waals surface area contributed by atoms with Crippen molar-refractivity contribution < 1.29 is 19.4 Å². The van der Waals surface area contributed by atoms with Crippen molar-refractivity contribution in [3.8, 4) is 0 Å². The number of carbonyl (C=O) groups excluding carboxylic acids is 1. The van der Waals surface area contributed by atoms with E-state index in [2.05, 4.69) is 34.3 Å². The average Bonchev–Trinajstić information content (AvgIpc) is 3.33. The highest BCUT2D eigenvalue weighted by Gasteiger charge is 2.13. The summed E-state index contributed by atoms with van der Waals surface area (Å²) in [6.45, 7) is 16.9. The number of hydrogen-bond donors (Lipinski definition) is 1. The number of ether oxygens (including phenoxy) is 1. The van der Waals surface area contributed by atoms with Crippen LogP contribution in [0.3, 0.4) is 0 Å². The molecule has 2 atom stereocenters. The van der Waals surface area contributed by atoms with E-state index in [1.54, 1.807) is 13.8 Å². The van der Waals surface area contributed by atoms with Crippen molar-refractivity contribution in [2.75, 3.05) is 6.61 Å². The van der Waals surface area contributed by atoms with Gasteiger partial charge in [-0.3, -0.25) is 0 Å². The lowest BCUT2D eigenvalue weighted by Gasteiger charge is -2.17. The van der Waals surface area contributed by atoms with Crippen LogP contribution in [0.4, 0.5) is 0 Å². The smallest absolute Gasteiger partial charge is 0.333 e. The summed E-state index contributed by atoms with van der Waals surface area (Å²) in [6.07, 6.45) is 68.9. The van der Waals surface area contributed by atoms with Gasteiger partial charge in [0, 0.05) is 11.1 Å². The van der Waals surface area contributed by atoms with Gasteiger partial charge >= 0.3 is 11.9 Å². The molecule has 0 saturated heterocycles. The first-order chi connectivity index (χ1) is 33.2. The maximum Gasteiger partial charge on any atom is 0.333 e. The monoisotopic (exact) mass is 957 g/mol. The molecule has 0 rings (SSSR count). The normalized spacial score (nSPS) is 12.5. The number of hydrogen-bond acceptors (Lipinski definition) is 3. The molecule has 1 N–H and O–H groups in total. The first-order valence-corrected chi connectivity index (χ1v) is 31.0. The molecule has 0 aromatic heterocycles. The number of carbonyl (C=O) groups is 2. The lowest BCUT2D eigenvalue weighted by Crippen LogP contribution is -2.15. The Hall–Kier alpha value is -1.58. The second kappa shape index (κ2) is 58.0. The van der Waals surface area contributed by atoms with E-state index in [1.807, 2.05) is 6.08 Å². The van der Waals surface area contributed by atoms with E-state index >= 15 is 0 Å². The van der Waals surface area contributed by atoms with Gasteiger partial charge in [-0.05, 0) is 44.9 Å². The van der Waals surface area contributed by atoms with Gasteiger partial charge < -0.3 is 9.84 Å². The van der Waals surface area contributed by atoms with E-state index in [9.17, 15) is 14.7 Å². The second-order valence-electron chi connectivity index (χ2n) is 21.8. The van der Waals surface area contributed by atoms with Crippen LogP contribution < -0.4 is 0 Å². The molecule has 0 aliphatic rings. The third kappa shape index (κ3) is 55.3. The summed E-state index contributed by atoms with van der Waals surface area (Å²) in [6, 6.07) is 0. The Morgan fingerprint density at radius 3 is 0.824 bits per heavy atom. The largest absolute Gasteiger partial charge is 0.478 e. The highest BCUT2D eigenvalue weighted by Crippen LogP contribution is 2.25. The van der Waals surface area contributed by atoms with Gasteiger partial charge in [-0.25, -0.2) is 9.59 Å². The van der Waals surface area contributed by atoms with Crippen molar-refractivity contribution in [2.45, 2.75) is 356 Å². The Bertz CT molecular complexity index is 1060. The number of rotatable bonds is 54. The standard InChI is InChI=1S/2C32H62O2/c1-5-7-9-11-13-15-17-18-20-22-24-26-28-31(29-34-32(33)30(3)4)27-25-23-21-19-16-14-12-10-8-6-2;1-4-6-8-10-12-14-16-17-19-21-23-25-27-31(29-28-30(3)32(33)34)26-24-22-20-18-15-13-11-9-7-5-2/h31H,3,5-29H2,1-2,4H3;28,31H,4-27,29H2,1-3H3,(H,33,34). The molecule has 0 radical (unpaired) electrons. The van der Waals surface area contributed by atoms with Crippen LogP contribution in [0.15, 0.2) is 23.8 Å². The fraction of sp³-hybridized carbons (Fsp3) is 0.906. The van der Waals surface area contributed by atoms with Crippen LogP contribution in [-0.4, -0.2) is 23.7 Å². The lowest BCUT2D eigenvalue weighted by atomic mass is 9.90. The highest BCUT2D eigenvalue weighted by atomic mass is 16.5. The molecule has 0 aromatic rings. The van der Waals surface area contributed by atoms with Gasteiger partial charge in [0.2, 0.25) is 0 Å². The third-order valence-corrected chi connectivity index (χ3v) is 14.8. The molecule has 0 heterocycles. The minimum absolute atomic E-state index is 0.220. The van der Waals surface area contributed by atoms with Crippen molar-refractivity contribution in [1.29, 1.82) is 0 Å². The Balaban J connectivity index is 0. The number of aliphatic carboxylic acids is 1. The van der Waals surface area contributed by atoms with E-state index in [4.69, 9.17) is 4.74 Å². The Morgan fingerprint density at radius 2 is 0.603 bits per heavy atom.